The number of rotatable bonds is 0. The molecular formula is C20H30O3. The highest BCUT2D eigenvalue weighted by atomic mass is 16.6. The molecule has 1 saturated heterocycles. The van der Waals surface area contributed by atoms with Crippen molar-refractivity contribution in [1.29, 1.82) is 0 Å². The summed E-state index contributed by atoms with van der Waals surface area (Å²) in [6, 6.07) is 0. The first-order valence-corrected chi connectivity index (χ1v) is 8.73. The van der Waals surface area contributed by atoms with E-state index in [1.54, 1.807) is 0 Å². The number of aliphatic hydroxyl groups excluding tert-OH is 1. The molecule has 0 aromatic carbocycles. The van der Waals surface area contributed by atoms with Crippen molar-refractivity contribution in [2.24, 2.45) is 5.92 Å². The highest BCUT2D eigenvalue weighted by Crippen LogP contribution is 2.36. The molecule has 0 spiro atoms. The number of allylic oxidation sites excluding steroid dienone is 4. The molecule has 1 aliphatic heterocycles. The number of esters is 1. The maximum Gasteiger partial charge on any atom is 0.334 e. The van der Waals surface area contributed by atoms with Crippen molar-refractivity contribution in [3.63, 3.8) is 0 Å². The van der Waals surface area contributed by atoms with Gasteiger partial charge in [0.25, 0.3) is 0 Å². The van der Waals surface area contributed by atoms with Gasteiger partial charge in [-0.2, -0.15) is 0 Å². The first-order chi connectivity index (χ1) is 10.8. The zero-order chi connectivity index (χ0) is 17.0. The first-order valence-electron chi connectivity index (χ1n) is 8.73. The van der Waals surface area contributed by atoms with Crippen LogP contribution in [0.1, 0.15) is 65.7 Å². The van der Waals surface area contributed by atoms with Crippen molar-refractivity contribution < 1.29 is 14.6 Å². The van der Waals surface area contributed by atoms with Gasteiger partial charge in [-0.3, -0.25) is 0 Å². The molecule has 1 N–H and O–H groups in total. The van der Waals surface area contributed by atoms with E-state index in [0.717, 1.165) is 32.1 Å². The molecule has 1 heterocycles. The normalized spacial score (nSPS) is 38.6. The van der Waals surface area contributed by atoms with Gasteiger partial charge < -0.3 is 9.84 Å². The lowest BCUT2D eigenvalue weighted by atomic mass is 9.84. The van der Waals surface area contributed by atoms with Crippen molar-refractivity contribution in [2.75, 3.05) is 0 Å². The molecule has 0 radical (unpaired) electrons. The zero-order valence-electron chi connectivity index (χ0n) is 14.7. The Bertz CT molecular complexity index is 529. The third-order valence-corrected chi connectivity index (χ3v) is 5.37. The fourth-order valence-corrected chi connectivity index (χ4v) is 3.39. The fourth-order valence-electron chi connectivity index (χ4n) is 3.39. The maximum atomic E-state index is 12.3. The fraction of sp³-hybridized carbons (Fsp3) is 0.650. The predicted molar refractivity (Wildman–Crippen MR) is 93.0 cm³/mol. The quantitative estimate of drug-likeness (QED) is 0.407. The lowest BCUT2D eigenvalue weighted by Crippen LogP contribution is -2.43. The lowest BCUT2D eigenvalue weighted by Gasteiger charge is -2.33. The van der Waals surface area contributed by atoms with Crippen LogP contribution in [-0.4, -0.2) is 22.8 Å². The molecule has 2 bridgehead atoms. The van der Waals surface area contributed by atoms with Gasteiger partial charge in [0, 0.05) is 5.57 Å². The van der Waals surface area contributed by atoms with E-state index in [1.165, 1.54) is 11.1 Å². The molecule has 0 unspecified atom stereocenters. The van der Waals surface area contributed by atoms with Crippen LogP contribution in [0.2, 0.25) is 0 Å². The first kappa shape index (κ1) is 18.0. The minimum atomic E-state index is -0.808. The van der Waals surface area contributed by atoms with Crippen molar-refractivity contribution in [3.8, 4) is 0 Å². The molecule has 0 saturated carbocycles. The minimum Gasteiger partial charge on any atom is -0.453 e. The number of carbonyl (C=O) groups is 1. The molecule has 3 atom stereocenters. The summed E-state index contributed by atoms with van der Waals surface area (Å²) in [6.07, 6.45) is 9.72. The molecule has 0 aromatic rings. The Balaban J connectivity index is 2.28. The van der Waals surface area contributed by atoms with Crippen LogP contribution in [0.4, 0.5) is 0 Å². The topological polar surface area (TPSA) is 46.5 Å². The van der Waals surface area contributed by atoms with Crippen molar-refractivity contribution in [1.82, 2.24) is 0 Å². The Labute approximate surface area is 140 Å². The van der Waals surface area contributed by atoms with E-state index >= 15 is 0 Å². The van der Waals surface area contributed by atoms with E-state index in [4.69, 9.17) is 4.74 Å². The average molecular weight is 318 g/mol. The van der Waals surface area contributed by atoms with Crippen molar-refractivity contribution in [2.45, 2.75) is 77.4 Å². The van der Waals surface area contributed by atoms with E-state index in [-0.39, 0.29) is 11.9 Å². The number of aliphatic hydroxyl groups is 1. The second kappa shape index (κ2) is 7.48. The van der Waals surface area contributed by atoms with Crippen LogP contribution in [0.5, 0.6) is 0 Å². The van der Waals surface area contributed by atoms with Crippen LogP contribution in [0.25, 0.3) is 0 Å². The molecular weight excluding hydrogens is 288 g/mol. The maximum absolute atomic E-state index is 12.3. The molecule has 1 fully saturated rings. The predicted octanol–water partition coefficient (Wildman–Crippen LogP) is 4.47. The molecule has 23 heavy (non-hydrogen) atoms. The molecule has 0 amide bonds. The van der Waals surface area contributed by atoms with E-state index in [1.807, 2.05) is 6.92 Å². The van der Waals surface area contributed by atoms with Gasteiger partial charge in [0.2, 0.25) is 0 Å². The highest BCUT2D eigenvalue weighted by Gasteiger charge is 2.41. The summed E-state index contributed by atoms with van der Waals surface area (Å²) in [4.78, 5) is 12.3. The second-order valence-electron chi connectivity index (χ2n) is 7.39. The highest BCUT2D eigenvalue weighted by molar-refractivity contribution is 5.89. The molecule has 3 nitrogen and oxygen atoms in total. The monoisotopic (exact) mass is 318 g/mol. The van der Waals surface area contributed by atoms with Crippen LogP contribution in [0, 0.1) is 5.92 Å². The van der Waals surface area contributed by atoms with E-state index < -0.39 is 11.7 Å². The molecule has 128 valence electrons. The van der Waals surface area contributed by atoms with Gasteiger partial charge >= 0.3 is 5.97 Å². The van der Waals surface area contributed by atoms with Gasteiger partial charge in [0.1, 0.15) is 5.60 Å². The van der Waals surface area contributed by atoms with Gasteiger partial charge in [-0.15, -0.1) is 0 Å². The summed E-state index contributed by atoms with van der Waals surface area (Å²) < 4.78 is 5.66. The third kappa shape index (κ3) is 4.57. The van der Waals surface area contributed by atoms with Gasteiger partial charge in [-0.25, -0.2) is 4.79 Å². The van der Waals surface area contributed by atoms with Crippen LogP contribution >= 0.6 is 0 Å². The second-order valence-corrected chi connectivity index (χ2v) is 7.39. The summed E-state index contributed by atoms with van der Waals surface area (Å²) in [5, 5.41) is 10.6. The lowest BCUT2D eigenvalue weighted by molar-refractivity contribution is -0.165. The van der Waals surface area contributed by atoms with Crippen LogP contribution in [0.3, 0.4) is 0 Å². The Morgan fingerprint density at radius 2 is 1.91 bits per heavy atom. The van der Waals surface area contributed by atoms with Crippen molar-refractivity contribution >= 4 is 5.97 Å². The molecule has 2 rings (SSSR count). The van der Waals surface area contributed by atoms with Crippen molar-refractivity contribution in [3.05, 3.63) is 35.5 Å². The smallest absolute Gasteiger partial charge is 0.334 e. The summed E-state index contributed by atoms with van der Waals surface area (Å²) in [7, 11) is 0. The van der Waals surface area contributed by atoms with Gasteiger partial charge in [-0.1, -0.05) is 29.9 Å². The standard InChI is InChI=1S/C20H30O3/c1-14-6-5-7-15(2)9-11-18(21)20(4)13-12-17(10-8-14)16(3)19(22)23-20/h7-8,17-18,21H,3,5-6,9-13H2,1-2,4H3/b14-8+,15-7+/t17-,18-,20+/m0/s1. The largest absolute Gasteiger partial charge is 0.453 e. The van der Waals surface area contributed by atoms with Gasteiger partial charge in [0.05, 0.1) is 6.10 Å². The number of hydrogen-bond donors (Lipinski definition) is 1. The molecule has 1 aliphatic carbocycles. The van der Waals surface area contributed by atoms with Gasteiger partial charge in [-0.05, 0) is 71.6 Å². The average Bonchev–Trinajstić information content (AvgIpc) is 2.61. The molecule has 3 heteroatoms. The molecule has 0 aromatic heterocycles. The SMILES string of the molecule is C=C1C(=O)O[C@]2(C)CC[C@@H]1C/C=C(\C)CC/C=C(\C)CC[C@@H]2O. The summed E-state index contributed by atoms with van der Waals surface area (Å²) in [6.45, 7) is 10.1. The van der Waals surface area contributed by atoms with Crippen LogP contribution in [-0.2, 0) is 9.53 Å². The number of ether oxygens (including phenoxy) is 1. The van der Waals surface area contributed by atoms with Gasteiger partial charge in [0.15, 0.2) is 0 Å². The Morgan fingerprint density at radius 3 is 2.65 bits per heavy atom. The Kier molecular flexibility index (Phi) is 5.85. The van der Waals surface area contributed by atoms with E-state index in [2.05, 4.69) is 32.6 Å². The number of carbonyl (C=O) groups excluding carboxylic acids is 1. The Morgan fingerprint density at radius 1 is 1.22 bits per heavy atom. The molecule has 2 aliphatic rings. The van der Waals surface area contributed by atoms with Crippen LogP contribution < -0.4 is 0 Å². The summed E-state index contributed by atoms with van der Waals surface area (Å²) in [5.41, 5.74) is 2.39. The van der Waals surface area contributed by atoms with Crippen LogP contribution in [0.15, 0.2) is 35.5 Å². The minimum absolute atomic E-state index is 0.117. The van der Waals surface area contributed by atoms with E-state index in [0.29, 0.717) is 18.4 Å². The number of hydrogen-bond acceptors (Lipinski definition) is 3. The van der Waals surface area contributed by atoms with E-state index in [9.17, 15) is 9.90 Å². The number of fused-ring (bicyclic) bond motifs is 3. The Hall–Kier alpha value is -1.35. The summed E-state index contributed by atoms with van der Waals surface area (Å²) in [5.74, 6) is -0.228. The third-order valence-electron chi connectivity index (χ3n) is 5.37. The zero-order valence-corrected chi connectivity index (χ0v) is 14.7. The summed E-state index contributed by atoms with van der Waals surface area (Å²) >= 11 is 0.